The van der Waals surface area contributed by atoms with Crippen LogP contribution in [0.2, 0.25) is 0 Å². The van der Waals surface area contributed by atoms with E-state index < -0.39 is 11.6 Å². The van der Waals surface area contributed by atoms with Crippen LogP contribution in [0.15, 0.2) is 72.8 Å². The Morgan fingerprint density at radius 1 is 0.914 bits per heavy atom. The summed E-state index contributed by atoms with van der Waals surface area (Å²) in [7, 11) is 0. The van der Waals surface area contributed by atoms with Crippen LogP contribution in [0.1, 0.15) is 37.3 Å². The number of hydrogen-bond acceptors (Lipinski definition) is 5. The zero-order chi connectivity index (χ0) is 24.5. The summed E-state index contributed by atoms with van der Waals surface area (Å²) < 4.78 is 22.7. The summed E-state index contributed by atoms with van der Waals surface area (Å²) in [6.07, 6.45) is 3.46. The van der Waals surface area contributed by atoms with Crippen molar-refractivity contribution in [3.8, 4) is 22.6 Å². The molecule has 0 atom stereocenters. The second-order valence-corrected chi connectivity index (χ2v) is 8.76. The number of aliphatic carboxylic acids is 1. The van der Waals surface area contributed by atoms with Gasteiger partial charge in [0, 0.05) is 0 Å². The molecule has 0 unspecified atom stereocenters. The average Bonchev–Trinajstić information content (AvgIpc) is 2.86. The lowest BCUT2D eigenvalue weighted by Gasteiger charge is -2.41. The van der Waals surface area contributed by atoms with Gasteiger partial charge in [-0.1, -0.05) is 62.2 Å². The van der Waals surface area contributed by atoms with Crippen molar-refractivity contribution >= 4 is 5.97 Å². The topological polar surface area (TPSA) is 74.2 Å². The molecule has 0 radical (unpaired) electrons. The van der Waals surface area contributed by atoms with Gasteiger partial charge in [0.25, 0.3) is 0 Å². The van der Waals surface area contributed by atoms with Crippen LogP contribution in [0.25, 0.3) is 11.1 Å². The summed E-state index contributed by atoms with van der Waals surface area (Å²) in [5.74, 6) is 0.638. The monoisotopic (exact) mass is 476 g/mol. The van der Waals surface area contributed by atoms with Crippen LogP contribution in [0, 0.1) is 0 Å². The zero-order valence-corrected chi connectivity index (χ0v) is 20.1. The van der Waals surface area contributed by atoms with Gasteiger partial charge in [-0.05, 0) is 59.0 Å². The Balaban J connectivity index is 1.33. The van der Waals surface area contributed by atoms with Crippen molar-refractivity contribution in [2.75, 3.05) is 26.4 Å². The summed E-state index contributed by atoms with van der Waals surface area (Å²) in [5, 5.41) is 8.93. The lowest BCUT2D eigenvalue weighted by atomic mass is 9.91. The van der Waals surface area contributed by atoms with E-state index in [1.807, 2.05) is 48.5 Å². The lowest BCUT2D eigenvalue weighted by Crippen LogP contribution is -2.49. The van der Waals surface area contributed by atoms with Crippen molar-refractivity contribution in [3.05, 3.63) is 83.9 Å². The molecule has 3 aromatic carbocycles. The summed E-state index contributed by atoms with van der Waals surface area (Å²) >= 11 is 0. The van der Waals surface area contributed by atoms with Crippen LogP contribution in [0.4, 0.5) is 0 Å². The zero-order valence-electron chi connectivity index (χ0n) is 20.1. The van der Waals surface area contributed by atoms with Gasteiger partial charge in [-0.25, -0.2) is 4.79 Å². The molecule has 1 fully saturated rings. The van der Waals surface area contributed by atoms with Crippen LogP contribution in [0.5, 0.6) is 11.5 Å². The third-order valence-electron chi connectivity index (χ3n) is 6.06. The molecule has 6 heteroatoms. The third-order valence-corrected chi connectivity index (χ3v) is 6.06. The molecule has 0 spiro atoms. The fourth-order valence-corrected chi connectivity index (χ4v) is 3.97. The molecule has 0 saturated carbocycles. The van der Waals surface area contributed by atoms with Crippen LogP contribution < -0.4 is 9.47 Å². The first-order valence-electron chi connectivity index (χ1n) is 12.1. The van der Waals surface area contributed by atoms with E-state index in [2.05, 4.69) is 31.2 Å². The minimum Gasteiger partial charge on any atom is -0.494 e. The first-order chi connectivity index (χ1) is 17.1. The summed E-state index contributed by atoms with van der Waals surface area (Å²) in [4.78, 5) is 10.9. The first-order valence-corrected chi connectivity index (χ1v) is 12.1. The fraction of sp³-hybridized carbons (Fsp3) is 0.345. The fourth-order valence-electron chi connectivity index (χ4n) is 3.97. The van der Waals surface area contributed by atoms with Gasteiger partial charge in [0.05, 0.1) is 19.8 Å². The minimum absolute atomic E-state index is 0.346. The number of rotatable bonds is 13. The number of carboxylic acids is 1. The van der Waals surface area contributed by atoms with E-state index >= 15 is 0 Å². The highest BCUT2D eigenvalue weighted by molar-refractivity contribution is 5.68. The quantitative estimate of drug-likeness (QED) is 0.313. The molecule has 1 N–H and O–H groups in total. The molecule has 6 nitrogen and oxygen atoms in total. The molecule has 0 amide bonds. The summed E-state index contributed by atoms with van der Waals surface area (Å²) in [5.41, 5.74) is 3.52. The average molecular weight is 477 g/mol. The maximum atomic E-state index is 10.9. The van der Waals surface area contributed by atoms with Gasteiger partial charge in [0.15, 0.2) is 0 Å². The number of unbranched alkanes of at least 4 members (excludes halogenated alkanes) is 2. The van der Waals surface area contributed by atoms with E-state index in [1.54, 1.807) is 0 Å². The smallest absolute Gasteiger partial charge is 0.329 e. The first kappa shape index (κ1) is 24.8. The van der Waals surface area contributed by atoms with Crippen LogP contribution in [0.3, 0.4) is 0 Å². The Kier molecular flexibility index (Phi) is 8.40. The molecule has 0 aliphatic carbocycles. The normalized spacial score (nSPS) is 14.2. The van der Waals surface area contributed by atoms with Gasteiger partial charge >= 0.3 is 5.97 Å². The Morgan fingerprint density at radius 2 is 1.63 bits per heavy atom. The minimum atomic E-state index is -0.995. The molecule has 0 bridgehead atoms. The van der Waals surface area contributed by atoms with Gasteiger partial charge in [-0.2, -0.15) is 0 Å². The lowest BCUT2D eigenvalue weighted by molar-refractivity contribution is -0.220. The van der Waals surface area contributed by atoms with Gasteiger partial charge in [0.1, 0.15) is 30.3 Å². The predicted molar refractivity (Wildman–Crippen MR) is 134 cm³/mol. The van der Waals surface area contributed by atoms with Gasteiger partial charge in [-0.15, -0.1) is 0 Å². The van der Waals surface area contributed by atoms with Crippen molar-refractivity contribution < 1.29 is 28.8 Å². The number of hydrogen-bond donors (Lipinski definition) is 1. The number of benzene rings is 3. The van der Waals surface area contributed by atoms with E-state index in [9.17, 15) is 4.79 Å². The third kappa shape index (κ3) is 6.62. The molecule has 1 aliphatic rings. The molecule has 1 heterocycles. The standard InChI is InChI=1S/C29H32O6/c1-2-3-4-16-33-26-12-8-23(9-13-26)24-7-5-6-22(17-24)18-34-27-14-10-25(11-15-27)29(20-32-21-29)35-19-28(30)31/h5-15,17H,2-4,16,18-21H2,1H3,(H,30,31). The van der Waals surface area contributed by atoms with Crippen LogP contribution in [-0.4, -0.2) is 37.5 Å². The maximum Gasteiger partial charge on any atom is 0.329 e. The maximum absolute atomic E-state index is 10.9. The van der Waals surface area contributed by atoms with Crippen LogP contribution in [-0.2, 0) is 26.5 Å². The van der Waals surface area contributed by atoms with E-state index in [0.29, 0.717) is 19.8 Å². The van der Waals surface area contributed by atoms with Gasteiger partial charge in [-0.3, -0.25) is 0 Å². The number of ether oxygens (including phenoxy) is 4. The molecular formula is C29H32O6. The molecule has 184 valence electrons. The summed E-state index contributed by atoms with van der Waals surface area (Å²) in [6.45, 7) is 3.72. The van der Waals surface area contributed by atoms with Gasteiger partial charge in [0.2, 0.25) is 0 Å². The molecule has 35 heavy (non-hydrogen) atoms. The second kappa shape index (κ2) is 11.9. The predicted octanol–water partition coefficient (Wildman–Crippen LogP) is 5.83. The van der Waals surface area contributed by atoms with Crippen molar-refractivity contribution in [1.82, 2.24) is 0 Å². The van der Waals surface area contributed by atoms with Crippen LogP contribution >= 0.6 is 0 Å². The van der Waals surface area contributed by atoms with E-state index in [0.717, 1.165) is 46.8 Å². The Morgan fingerprint density at radius 3 is 2.29 bits per heavy atom. The highest BCUT2D eigenvalue weighted by Crippen LogP contribution is 2.34. The second-order valence-electron chi connectivity index (χ2n) is 8.76. The molecule has 3 aromatic rings. The van der Waals surface area contributed by atoms with E-state index in [1.165, 1.54) is 12.8 Å². The molecule has 1 aliphatic heterocycles. The number of carbonyl (C=O) groups is 1. The Hall–Kier alpha value is -3.35. The van der Waals surface area contributed by atoms with Gasteiger partial charge < -0.3 is 24.1 Å². The van der Waals surface area contributed by atoms with E-state index in [-0.39, 0.29) is 6.61 Å². The molecule has 0 aromatic heterocycles. The molecule has 1 saturated heterocycles. The molecular weight excluding hydrogens is 444 g/mol. The Bertz CT molecular complexity index is 1090. The van der Waals surface area contributed by atoms with Crippen molar-refractivity contribution in [1.29, 1.82) is 0 Å². The summed E-state index contributed by atoms with van der Waals surface area (Å²) in [6, 6.07) is 24.1. The highest BCUT2D eigenvalue weighted by Gasteiger charge is 2.42. The highest BCUT2D eigenvalue weighted by atomic mass is 16.6. The largest absolute Gasteiger partial charge is 0.494 e. The van der Waals surface area contributed by atoms with E-state index in [4.69, 9.17) is 24.1 Å². The molecule has 4 rings (SSSR count). The van der Waals surface area contributed by atoms with Crippen molar-refractivity contribution in [2.45, 2.75) is 38.4 Å². The SMILES string of the molecule is CCCCCOc1ccc(-c2cccc(COc3ccc(C4(OCC(=O)O)COC4)cc3)c2)cc1. The Labute approximate surface area is 206 Å². The number of carboxylic acid groups (broad SMARTS) is 1. The van der Waals surface area contributed by atoms with Crippen molar-refractivity contribution in [3.63, 3.8) is 0 Å². The van der Waals surface area contributed by atoms with Crippen molar-refractivity contribution in [2.24, 2.45) is 0 Å².